The number of carbonyl (C=O) groups is 2. The number of nitrogens with zero attached hydrogens (tertiary/aromatic N) is 1. The van der Waals surface area contributed by atoms with Crippen LogP contribution in [0.5, 0.6) is 0 Å². The monoisotopic (exact) mass is 342 g/mol. The van der Waals surface area contributed by atoms with Crippen molar-refractivity contribution in [2.45, 2.75) is 19.1 Å². The number of rotatable bonds is 7. The van der Waals surface area contributed by atoms with Crippen LogP contribution in [0.2, 0.25) is 0 Å². The van der Waals surface area contributed by atoms with Crippen LogP contribution in [0.15, 0.2) is 60.7 Å². The van der Waals surface area contributed by atoms with Gasteiger partial charge in [0.15, 0.2) is 0 Å². The lowest BCUT2D eigenvalue weighted by molar-refractivity contribution is -0.170. The standard InChI is InChI=1S/C19H22N2O4/c1-21(24-2)18(22)17(13-15-9-5-3-6-10-15)20-19(23)25-14-16-11-7-4-8-12-16/h3-12,17H,13-14H2,1-2H3,(H,20,23)/t17-/m1/s1. The molecular formula is C19H22N2O4. The van der Waals surface area contributed by atoms with Crippen molar-refractivity contribution in [3.8, 4) is 0 Å². The van der Waals surface area contributed by atoms with Crippen molar-refractivity contribution in [3.63, 3.8) is 0 Å². The van der Waals surface area contributed by atoms with Crippen LogP contribution in [-0.2, 0) is 27.4 Å². The summed E-state index contributed by atoms with van der Waals surface area (Å²) >= 11 is 0. The molecule has 0 aliphatic heterocycles. The molecule has 0 aromatic heterocycles. The molecule has 1 N–H and O–H groups in total. The minimum Gasteiger partial charge on any atom is -0.445 e. The second kappa shape index (κ2) is 9.44. The van der Waals surface area contributed by atoms with Gasteiger partial charge in [-0.05, 0) is 11.1 Å². The van der Waals surface area contributed by atoms with E-state index in [0.29, 0.717) is 6.42 Å². The van der Waals surface area contributed by atoms with Gasteiger partial charge in [0.05, 0.1) is 7.11 Å². The van der Waals surface area contributed by atoms with Crippen molar-refractivity contribution in [3.05, 3.63) is 71.8 Å². The summed E-state index contributed by atoms with van der Waals surface area (Å²) in [6.45, 7) is 0.138. The molecule has 0 heterocycles. The molecule has 0 unspecified atom stereocenters. The van der Waals surface area contributed by atoms with Crippen LogP contribution in [0.3, 0.4) is 0 Å². The van der Waals surface area contributed by atoms with Gasteiger partial charge in [0.25, 0.3) is 5.91 Å². The van der Waals surface area contributed by atoms with E-state index in [-0.39, 0.29) is 12.5 Å². The number of likely N-dealkylation sites (N-methyl/N-ethyl adjacent to an activating group) is 1. The van der Waals surface area contributed by atoms with Crippen LogP contribution in [0.4, 0.5) is 4.79 Å². The first kappa shape index (κ1) is 18.5. The first-order chi connectivity index (χ1) is 12.1. The van der Waals surface area contributed by atoms with Crippen molar-refractivity contribution in [1.82, 2.24) is 10.4 Å². The molecule has 1 atom stereocenters. The lowest BCUT2D eigenvalue weighted by atomic mass is 10.1. The lowest BCUT2D eigenvalue weighted by Gasteiger charge is -2.22. The first-order valence-electron chi connectivity index (χ1n) is 7.93. The van der Waals surface area contributed by atoms with Gasteiger partial charge in [0.1, 0.15) is 12.6 Å². The number of nitrogens with one attached hydrogen (secondary N) is 1. The topological polar surface area (TPSA) is 67.9 Å². The Bertz CT molecular complexity index is 676. The average molecular weight is 342 g/mol. The molecule has 0 fully saturated rings. The van der Waals surface area contributed by atoms with E-state index in [1.807, 2.05) is 60.7 Å². The SMILES string of the molecule is CON(C)C(=O)[C@@H](Cc1ccccc1)NC(=O)OCc1ccccc1. The van der Waals surface area contributed by atoms with Gasteiger partial charge in [-0.3, -0.25) is 9.63 Å². The molecule has 132 valence electrons. The van der Waals surface area contributed by atoms with Crippen molar-refractivity contribution in [2.24, 2.45) is 0 Å². The summed E-state index contributed by atoms with van der Waals surface area (Å²) in [5, 5.41) is 3.71. The van der Waals surface area contributed by atoms with Gasteiger partial charge in [-0.2, -0.15) is 0 Å². The highest BCUT2D eigenvalue weighted by atomic mass is 16.7. The Morgan fingerprint density at radius 1 is 1.00 bits per heavy atom. The van der Waals surface area contributed by atoms with E-state index in [4.69, 9.17) is 9.57 Å². The van der Waals surface area contributed by atoms with E-state index in [1.165, 1.54) is 14.2 Å². The maximum absolute atomic E-state index is 12.4. The molecule has 0 saturated heterocycles. The van der Waals surface area contributed by atoms with Crippen LogP contribution >= 0.6 is 0 Å². The van der Waals surface area contributed by atoms with E-state index in [0.717, 1.165) is 16.2 Å². The Labute approximate surface area is 147 Å². The molecule has 6 nitrogen and oxygen atoms in total. The molecule has 2 amide bonds. The van der Waals surface area contributed by atoms with Gasteiger partial charge in [-0.25, -0.2) is 9.86 Å². The molecule has 0 radical (unpaired) electrons. The third kappa shape index (κ3) is 5.93. The summed E-state index contributed by atoms with van der Waals surface area (Å²) in [4.78, 5) is 29.4. The number of hydrogen-bond donors (Lipinski definition) is 1. The Kier molecular flexibility index (Phi) is 6.98. The van der Waals surface area contributed by atoms with Crippen molar-refractivity contribution >= 4 is 12.0 Å². The van der Waals surface area contributed by atoms with Gasteiger partial charge in [-0.1, -0.05) is 60.7 Å². The molecule has 0 bridgehead atoms. The highest BCUT2D eigenvalue weighted by molar-refractivity contribution is 5.85. The summed E-state index contributed by atoms with van der Waals surface area (Å²) in [5.74, 6) is -0.358. The van der Waals surface area contributed by atoms with Crippen LogP contribution < -0.4 is 5.32 Å². The lowest BCUT2D eigenvalue weighted by Crippen LogP contribution is -2.48. The molecule has 25 heavy (non-hydrogen) atoms. The zero-order chi connectivity index (χ0) is 18.1. The fraction of sp³-hybridized carbons (Fsp3) is 0.263. The molecule has 0 spiro atoms. The summed E-state index contributed by atoms with van der Waals surface area (Å²) in [7, 11) is 2.89. The molecule has 2 aromatic carbocycles. The molecule has 6 heteroatoms. The summed E-state index contributed by atoms with van der Waals surface area (Å²) in [5.41, 5.74) is 1.80. The highest BCUT2D eigenvalue weighted by Crippen LogP contribution is 2.07. The smallest absolute Gasteiger partial charge is 0.408 e. The van der Waals surface area contributed by atoms with E-state index in [1.54, 1.807) is 0 Å². The molecular weight excluding hydrogens is 320 g/mol. The summed E-state index contributed by atoms with van der Waals surface area (Å²) in [6.07, 6.45) is -0.309. The number of benzene rings is 2. The van der Waals surface area contributed by atoms with Gasteiger partial charge in [-0.15, -0.1) is 0 Å². The minimum absolute atomic E-state index is 0.138. The summed E-state index contributed by atoms with van der Waals surface area (Å²) in [6, 6.07) is 18.0. The Morgan fingerprint density at radius 3 is 2.12 bits per heavy atom. The molecule has 0 aliphatic carbocycles. The highest BCUT2D eigenvalue weighted by Gasteiger charge is 2.25. The van der Waals surface area contributed by atoms with Gasteiger partial charge >= 0.3 is 6.09 Å². The zero-order valence-electron chi connectivity index (χ0n) is 14.3. The predicted molar refractivity (Wildman–Crippen MR) is 93.5 cm³/mol. The van der Waals surface area contributed by atoms with E-state index in [2.05, 4.69) is 5.32 Å². The maximum atomic E-state index is 12.4. The van der Waals surface area contributed by atoms with E-state index >= 15 is 0 Å². The number of amides is 2. The Balaban J connectivity index is 1.99. The normalized spacial score (nSPS) is 11.4. The first-order valence-corrected chi connectivity index (χ1v) is 7.93. The van der Waals surface area contributed by atoms with Crippen LogP contribution in [0.1, 0.15) is 11.1 Å². The number of hydrogen-bond acceptors (Lipinski definition) is 4. The van der Waals surface area contributed by atoms with Gasteiger partial charge in [0.2, 0.25) is 0 Å². The van der Waals surface area contributed by atoms with Crippen LogP contribution in [0, 0.1) is 0 Å². The fourth-order valence-corrected chi connectivity index (χ4v) is 2.27. The minimum atomic E-state index is -0.782. The zero-order valence-corrected chi connectivity index (χ0v) is 14.3. The fourth-order valence-electron chi connectivity index (χ4n) is 2.27. The number of alkyl carbamates (subject to hydrolysis) is 1. The van der Waals surface area contributed by atoms with Crippen molar-refractivity contribution < 1.29 is 19.2 Å². The second-order valence-electron chi connectivity index (χ2n) is 5.47. The number of carbonyl (C=O) groups excluding carboxylic acids is 2. The molecule has 0 aliphatic rings. The third-order valence-corrected chi connectivity index (χ3v) is 3.67. The van der Waals surface area contributed by atoms with Crippen molar-refractivity contribution in [1.29, 1.82) is 0 Å². The third-order valence-electron chi connectivity index (χ3n) is 3.67. The van der Waals surface area contributed by atoms with Crippen LogP contribution in [-0.4, -0.2) is 37.3 Å². The van der Waals surface area contributed by atoms with Crippen LogP contribution in [0.25, 0.3) is 0 Å². The van der Waals surface area contributed by atoms with Gasteiger partial charge < -0.3 is 10.1 Å². The Morgan fingerprint density at radius 2 is 1.56 bits per heavy atom. The quantitative estimate of drug-likeness (QED) is 0.785. The van der Waals surface area contributed by atoms with E-state index < -0.39 is 12.1 Å². The Hall–Kier alpha value is -2.86. The molecule has 2 aromatic rings. The van der Waals surface area contributed by atoms with Crippen molar-refractivity contribution in [2.75, 3.05) is 14.2 Å². The number of ether oxygens (including phenoxy) is 1. The summed E-state index contributed by atoms with van der Waals surface area (Å²) < 4.78 is 5.20. The average Bonchev–Trinajstić information content (AvgIpc) is 2.66. The molecule has 2 rings (SSSR count). The second-order valence-corrected chi connectivity index (χ2v) is 5.47. The number of hydroxylamine groups is 2. The molecule has 0 saturated carbocycles. The maximum Gasteiger partial charge on any atom is 0.408 e. The van der Waals surface area contributed by atoms with E-state index in [9.17, 15) is 9.59 Å². The largest absolute Gasteiger partial charge is 0.445 e. The van der Waals surface area contributed by atoms with Gasteiger partial charge in [0, 0.05) is 13.5 Å². The predicted octanol–water partition coefficient (Wildman–Crippen LogP) is 2.54.